The number of nitrogens with zero attached hydrogens (tertiary/aromatic N) is 5. The predicted octanol–water partition coefficient (Wildman–Crippen LogP) is 3.27. The third-order valence-corrected chi connectivity index (χ3v) is 7.02. The van der Waals surface area contributed by atoms with Crippen LogP contribution in [-0.2, 0) is 36.2 Å². The van der Waals surface area contributed by atoms with Crippen molar-refractivity contribution in [1.82, 2.24) is 29.5 Å². The van der Waals surface area contributed by atoms with Crippen LogP contribution in [0.5, 0.6) is 0 Å². The van der Waals surface area contributed by atoms with Gasteiger partial charge in [0.1, 0.15) is 23.3 Å². The van der Waals surface area contributed by atoms with Crippen molar-refractivity contribution < 1.29 is 27.6 Å². The summed E-state index contributed by atoms with van der Waals surface area (Å²) in [4.78, 5) is 31.4. The number of hydrogen-bond donors (Lipinski definition) is 1. The Hall–Kier alpha value is -3.58. The molecule has 1 N–H and O–H groups in total. The molecule has 0 bridgehead atoms. The Labute approximate surface area is 223 Å². The summed E-state index contributed by atoms with van der Waals surface area (Å²) in [5.74, 6) is -0.858. The van der Waals surface area contributed by atoms with E-state index >= 15 is 0 Å². The van der Waals surface area contributed by atoms with Crippen LogP contribution in [0.1, 0.15) is 57.2 Å². The van der Waals surface area contributed by atoms with Crippen molar-refractivity contribution in [2.75, 3.05) is 6.61 Å². The molecule has 2 aromatic heterocycles. The van der Waals surface area contributed by atoms with Crippen molar-refractivity contribution in [3.63, 3.8) is 0 Å². The third-order valence-electron chi connectivity index (χ3n) is 7.02. The van der Waals surface area contributed by atoms with Crippen LogP contribution in [0.15, 0.2) is 27.5 Å². The molecule has 1 amide bonds. The molecular formula is C26H32F2N6O5. The van der Waals surface area contributed by atoms with E-state index in [9.17, 15) is 18.4 Å². The van der Waals surface area contributed by atoms with E-state index < -0.39 is 41.2 Å². The summed E-state index contributed by atoms with van der Waals surface area (Å²) in [5.41, 5.74) is 1.14. The van der Waals surface area contributed by atoms with Crippen molar-refractivity contribution in [2.45, 2.75) is 77.5 Å². The Morgan fingerprint density at radius 3 is 2.67 bits per heavy atom. The summed E-state index contributed by atoms with van der Waals surface area (Å²) in [7, 11) is 1.58. The number of rotatable bonds is 5. The smallest absolute Gasteiger partial charge is 0.441 e. The average Bonchev–Trinajstić information content (AvgIpc) is 3.52. The fourth-order valence-electron chi connectivity index (χ4n) is 5.23. The molecule has 0 aliphatic carbocycles. The lowest BCUT2D eigenvalue weighted by Gasteiger charge is -2.40. The zero-order valence-electron chi connectivity index (χ0n) is 22.5. The fourth-order valence-corrected chi connectivity index (χ4v) is 5.23. The molecule has 2 aliphatic heterocycles. The van der Waals surface area contributed by atoms with E-state index in [0.717, 1.165) is 29.6 Å². The number of amides is 1. The zero-order chi connectivity index (χ0) is 28.1. The van der Waals surface area contributed by atoms with Gasteiger partial charge in [-0.3, -0.25) is 14.0 Å². The molecule has 3 aromatic rings. The largest absolute Gasteiger partial charge is 0.444 e. The van der Waals surface area contributed by atoms with Crippen LogP contribution in [0, 0.1) is 11.6 Å². The van der Waals surface area contributed by atoms with Gasteiger partial charge in [0.05, 0.1) is 24.0 Å². The standard InChI is InChI=1S/C26H32F2N6O5/c1-6-34-20-12-33(11-19(20)29-22(34)23-31-39-25(36)32(23)5)15-10-18(30-24(35)38-26(2,3)4)21(37-13-15)16-9-14(27)7-8-17(16)28/h7-9,15,18,21H,6,10-13H2,1-5H3,(H,30,35)/t15-,18+,21-/m1/s1. The number of alkyl carbamates (subject to hydrolysis) is 1. The van der Waals surface area contributed by atoms with Crippen LogP contribution < -0.4 is 11.1 Å². The maximum atomic E-state index is 14.7. The van der Waals surface area contributed by atoms with Crippen LogP contribution in [0.3, 0.4) is 0 Å². The number of hydrogen-bond acceptors (Lipinski definition) is 8. The van der Waals surface area contributed by atoms with Crippen LogP contribution in [0.2, 0.25) is 0 Å². The second-order valence-electron chi connectivity index (χ2n) is 10.9. The predicted molar refractivity (Wildman–Crippen MR) is 134 cm³/mol. The van der Waals surface area contributed by atoms with E-state index in [-0.39, 0.29) is 18.2 Å². The van der Waals surface area contributed by atoms with E-state index in [2.05, 4.69) is 15.4 Å². The first-order valence-electron chi connectivity index (χ1n) is 12.9. The van der Waals surface area contributed by atoms with Gasteiger partial charge in [0.25, 0.3) is 0 Å². The number of carbonyl (C=O) groups excluding carboxylic acids is 1. The summed E-state index contributed by atoms with van der Waals surface area (Å²) in [5, 5.41) is 6.71. The monoisotopic (exact) mass is 546 g/mol. The Bertz CT molecular complexity index is 1440. The quantitative estimate of drug-likeness (QED) is 0.518. The number of nitrogens with one attached hydrogen (secondary N) is 1. The summed E-state index contributed by atoms with van der Waals surface area (Å²) in [6.07, 6.45) is -1.14. The van der Waals surface area contributed by atoms with Crippen LogP contribution in [0.4, 0.5) is 13.6 Å². The second-order valence-corrected chi connectivity index (χ2v) is 10.9. The molecule has 1 saturated heterocycles. The highest BCUT2D eigenvalue weighted by Gasteiger charge is 2.41. The summed E-state index contributed by atoms with van der Waals surface area (Å²) in [6.45, 7) is 9.14. The number of fused-ring (bicyclic) bond motifs is 1. The van der Waals surface area contributed by atoms with Gasteiger partial charge in [-0.25, -0.2) is 23.4 Å². The molecule has 5 rings (SSSR count). The highest BCUT2D eigenvalue weighted by molar-refractivity contribution is 5.68. The summed E-state index contributed by atoms with van der Waals surface area (Å²) >= 11 is 0. The van der Waals surface area contributed by atoms with E-state index in [1.54, 1.807) is 27.8 Å². The van der Waals surface area contributed by atoms with E-state index in [1.807, 2.05) is 11.5 Å². The van der Waals surface area contributed by atoms with Gasteiger partial charge in [0.2, 0.25) is 5.82 Å². The lowest BCUT2D eigenvalue weighted by Crippen LogP contribution is -2.52. The lowest BCUT2D eigenvalue weighted by molar-refractivity contribution is -0.0630. The topological polar surface area (TPSA) is 117 Å². The van der Waals surface area contributed by atoms with Crippen molar-refractivity contribution in [3.05, 3.63) is 57.3 Å². The number of benzene rings is 1. The number of aromatic nitrogens is 4. The molecule has 1 fully saturated rings. The first kappa shape index (κ1) is 27.0. The van der Waals surface area contributed by atoms with Crippen molar-refractivity contribution in [3.8, 4) is 11.6 Å². The number of imidazole rings is 1. The maximum Gasteiger partial charge on any atom is 0.441 e. The first-order chi connectivity index (χ1) is 18.4. The van der Waals surface area contributed by atoms with Crippen LogP contribution in [0.25, 0.3) is 11.6 Å². The minimum Gasteiger partial charge on any atom is -0.444 e. The maximum absolute atomic E-state index is 14.7. The Balaban J connectivity index is 1.37. The highest BCUT2D eigenvalue weighted by atomic mass is 19.1. The van der Waals surface area contributed by atoms with Crippen molar-refractivity contribution >= 4 is 6.09 Å². The van der Waals surface area contributed by atoms with Gasteiger partial charge >= 0.3 is 11.8 Å². The average molecular weight is 547 g/mol. The van der Waals surface area contributed by atoms with Crippen LogP contribution >= 0.6 is 0 Å². The second kappa shape index (κ2) is 10.2. The summed E-state index contributed by atoms with van der Waals surface area (Å²) in [6, 6.07) is 2.39. The number of carbonyl (C=O) groups is 1. The molecule has 0 saturated carbocycles. The van der Waals surface area contributed by atoms with Crippen molar-refractivity contribution in [2.24, 2.45) is 7.05 Å². The van der Waals surface area contributed by atoms with E-state index in [1.165, 1.54) is 4.57 Å². The molecule has 0 spiro atoms. The van der Waals surface area contributed by atoms with Crippen molar-refractivity contribution in [1.29, 1.82) is 0 Å². The number of ether oxygens (including phenoxy) is 2. The molecule has 13 heteroatoms. The van der Waals surface area contributed by atoms with E-state index in [0.29, 0.717) is 37.7 Å². The highest BCUT2D eigenvalue weighted by Crippen LogP contribution is 2.36. The third kappa shape index (κ3) is 5.33. The van der Waals surface area contributed by atoms with Gasteiger partial charge < -0.3 is 19.4 Å². The minimum absolute atomic E-state index is 0.0428. The molecule has 3 atom stereocenters. The van der Waals surface area contributed by atoms with Gasteiger partial charge in [-0.1, -0.05) is 5.16 Å². The van der Waals surface area contributed by atoms with Gasteiger partial charge in [-0.05, 0) is 52.3 Å². The molecule has 39 heavy (non-hydrogen) atoms. The van der Waals surface area contributed by atoms with Gasteiger partial charge in [-0.15, -0.1) is 0 Å². The summed E-state index contributed by atoms with van der Waals surface area (Å²) < 4.78 is 48.4. The van der Waals surface area contributed by atoms with Gasteiger partial charge in [-0.2, -0.15) is 0 Å². The Kier molecular flexibility index (Phi) is 7.06. The molecule has 11 nitrogen and oxygen atoms in total. The molecule has 2 aliphatic rings. The molecule has 210 valence electrons. The first-order valence-corrected chi connectivity index (χ1v) is 12.9. The SMILES string of the molecule is CCn1c(-c2noc(=O)n2C)nc2c1CN([C@H]1CO[C@H](c3cc(F)ccc3F)[C@@H](NC(=O)OC(C)(C)C)C1)C2. The minimum atomic E-state index is -0.892. The van der Waals surface area contributed by atoms with E-state index in [4.69, 9.17) is 19.0 Å². The Morgan fingerprint density at radius 2 is 2.00 bits per heavy atom. The Morgan fingerprint density at radius 1 is 1.23 bits per heavy atom. The van der Waals surface area contributed by atoms with Crippen LogP contribution in [-0.4, -0.2) is 54.6 Å². The normalized spacial score (nSPS) is 21.7. The molecular weight excluding hydrogens is 514 g/mol. The molecule has 0 radical (unpaired) electrons. The van der Waals surface area contributed by atoms with Gasteiger partial charge in [0, 0.05) is 38.3 Å². The molecule has 4 heterocycles. The molecule has 0 unspecified atom stereocenters. The van der Waals surface area contributed by atoms with Gasteiger partial charge in [0.15, 0.2) is 5.82 Å². The molecule has 1 aromatic carbocycles. The lowest BCUT2D eigenvalue weighted by atomic mass is 9.92. The zero-order valence-corrected chi connectivity index (χ0v) is 22.5. The fraction of sp³-hybridized carbons (Fsp3) is 0.538. The number of halogens is 2.